The zero-order chi connectivity index (χ0) is 13.8. The second kappa shape index (κ2) is 5.53. The number of nitrogens with zero attached hydrogens (tertiary/aromatic N) is 3. The van der Waals surface area contributed by atoms with Crippen LogP contribution < -0.4 is 5.32 Å². The van der Waals surface area contributed by atoms with Gasteiger partial charge in [0.1, 0.15) is 10.3 Å². The Morgan fingerprint density at radius 2 is 1.95 bits per heavy atom. The van der Waals surface area contributed by atoms with Crippen molar-refractivity contribution in [2.24, 2.45) is 0 Å². The number of carbonyl (C=O) groups excluding carboxylic acids is 1. The van der Waals surface area contributed by atoms with Crippen LogP contribution in [0.4, 0.5) is 5.82 Å². The van der Waals surface area contributed by atoms with E-state index >= 15 is 0 Å². The van der Waals surface area contributed by atoms with Crippen molar-refractivity contribution in [3.63, 3.8) is 0 Å². The summed E-state index contributed by atoms with van der Waals surface area (Å²) in [4.78, 5) is 34.2. The number of carboxylic acid groups (broad SMARTS) is 1. The molecule has 2 aromatic heterocycles. The van der Waals surface area contributed by atoms with Crippen LogP contribution in [0.1, 0.15) is 21.0 Å². The second-order valence-electron chi connectivity index (χ2n) is 3.36. The third-order valence-electron chi connectivity index (χ3n) is 2.08. The summed E-state index contributed by atoms with van der Waals surface area (Å²) in [6, 6.07) is 4.81. The molecule has 1 amide bonds. The summed E-state index contributed by atoms with van der Waals surface area (Å²) >= 11 is 3.14. The molecule has 19 heavy (non-hydrogen) atoms. The minimum Gasteiger partial charge on any atom is -0.476 e. The van der Waals surface area contributed by atoms with Crippen molar-refractivity contribution in [1.82, 2.24) is 15.0 Å². The van der Waals surface area contributed by atoms with Gasteiger partial charge in [-0.25, -0.2) is 19.7 Å². The minimum absolute atomic E-state index is 0.123. The smallest absolute Gasteiger partial charge is 0.358 e. The molecule has 0 radical (unpaired) electrons. The molecule has 2 aromatic rings. The molecule has 0 atom stereocenters. The first kappa shape index (κ1) is 13.1. The predicted octanol–water partition coefficient (Wildman–Crippen LogP) is 1.58. The predicted molar refractivity (Wildman–Crippen MR) is 68.9 cm³/mol. The Bertz CT molecular complexity index is 647. The molecule has 2 N–H and O–H groups in total. The van der Waals surface area contributed by atoms with Gasteiger partial charge in [-0.05, 0) is 28.1 Å². The number of hydrogen-bond acceptors (Lipinski definition) is 5. The molecule has 2 heterocycles. The molecule has 0 unspecified atom stereocenters. The minimum atomic E-state index is -1.27. The van der Waals surface area contributed by atoms with Gasteiger partial charge in [-0.2, -0.15) is 0 Å². The monoisotopic (exact) mass is 322 g/mol. The summed E-state index contributed by atoms with van der Waals surface area (Å²) in [5.74, 6) is -1.96. The van der Waals surface area contributed by atoms with E-state index in [1.165, 1.54) is 18.5 Å². The maximum absolute atomic E-state index is 11.9. The first-order valence-corrected chi connectivity index (χ1v) is 5.85. The standard InChI is InChI=1S/C11H7BrN4O3/c12-7-3-1-2-6(15-7)10(17)16-9-8(11(18)19)13-4-5-14-9/h1-5H,(H,18,19)(H,14,16,17). The molecule has 0 saturated heterocycles. The maximum Gasteiger partial charge on any atom is 0.358 e. The van der Waals surface area contributed by atoms with Gasteiger partial charge in [0.05, 0.1) is 0 Å². The van der Waals surface area contributed by atoms with Gasteiger partial charge in [-0.3, -0.25) is 4.79 Å². The molecule has 96 valence electrons. The Morgan fingerprint density at radius 1 is 1.21 bits per heavy atom. The van der Waals surface area contributed by atoms with E-state index in [9.17, 15) is 9.59 Å². The number of hydrogen-bond donors (Lipinski definition) is 2. The first-order valence-electron chi connectivity index (χ1n) is 5.06. The molecule has 0 spiro atoms. The lowest BCUT2D eigenvalue weighted by Crippen LogP contribution is -2.18. The fraction of sp³-hybridized carbons (Fsp3) is 0. The van der Waals surface area contributed by atoms with Gasteiger partial charge < -0.3 is 10.4 Å². The van der Waals surface area contributed by atoms with E-state index in [2.05, 4.69) is 36.2 Å². The zero-order valence-electron chi connectivity index (χ0n) is 9.37. The average Bonchev–Trinajstić information content (AvgIpc) is 2.39. The molecule has 0 fully saturated rings. The Labute approximate surface area is 115 Å². The Kier molecular flexibility index (Phi) is 3.81. The number of amides is 1. The van der Waals surface area contributed by atoms with Gasteiger partial charge in [-0.1, -0.05) is 6.07 Å². The molecular weight excluding hydrogens is 316 g/mol. The van der Waals surface area contributed by atoms with Crippen LogP contribution in [0.3, 0.4) is 0 Å². The number of carboxylic acids is 1. The fourth-order valence-corrected chi connectivity index (χ4v) is 1.64. The zero-order valence-corrected chi connectivity index (χ0v) is 11.0. The summed E-state index contributed by atoms with van der Waals surface area (Å²) in [5, 5.41) is 11.3. The van der Waals surface area contributed by atoms with Gasteiger partial charge in [0.25, 0.3) is 5.91 Å². The van der Waals surface area contributed by atoms with Crippen molar-refractivity contribution in [1.29, 1.82) is 0 Å². The molecule has 7 nitrogen and oxygen atoms in total. The molecular formula is C11H7BrN4O3. The number of carbonyl (C=O) groups is 2. The van der Waals surface area contributed by atoms with E-state index in [-0.39, 0.29) is 17.2 Å². The van der Waals surface area contributed by atoms with Gasteiger partial charge in [0, 0.05) is 12.4 Å². The highest BCUT2D eigenvalue weighted by Gasteiger charge is 2.16. The number of pyridine rings is 1. The number of rotatable bonds is 3. The van der Waals surface area contributed by atoms with Crippen LogP contribution in [0.15, 0.2) is 35.2 Å². The largest absolute Gasteiger partial charge is 0.476 e. The highest BCUT2D eigenvalue weighted by atomic mass is 79.9. The molecule has 0 aliphatic carbocycles. The fourth-order valence-electron chi connectivity index (χ4n) is 1.29. The molecule has 0 bridgehead atoms. The number of aromatic nitrogens is 3. The van der Waals surface area contributed by atoms with E-state index in [0.29, 0.717) is 4.60 Å². The third-order valence-corrected chi connectivity index (χ3v) is 2.52. The van der Waals surface area contributed by atoms with Crippen LogP contribution >= 0.6 is 15.9 Å². The lowest BCUT2D eigenvalue weighted by molar-refractivity contribution is 0.0691. The third kappa shape index (κ3) is 3.10. The lowest BCUT2D eigenvalue weighted by Gasteiger charge is -2.05. The highest BCUT2D eigenvalue weighted by molar-refractivity contribution is 9.10. The summed E-state index contributed by atoms with van der Waals surface area (Å²) in [6.45, 7) is 0. The van der Waals surface area contributed by atoms with Crippen molar-refractivity contribution >= 4 is 33.6 Å². The Hall–Kier alpha value is -2.35. The summed E-state index contributed by atoms with van der Waals surface area (Å²) in [6.07, 6.45) is 2.52. The van der Waals surface area contributed by atoms with E-state index in [4.69, 9.17) is 5.11 Å². The van der Waals surface area contributed by atoms with Crippen molar-refractivity contribution in [2.45, 2.75) is 0 Å². The van der Waals surface area contributed by atoms with E-state index < -0.39 is 11.9 Å². The quantitative estimate of drug-likeness (QED) is 0.831. The first-order chi connectivity index (χ1) is 9.08. The number of nitrogens with one attached hydrogen (secondary N) is 1. The van der Waals surface area contributed by atoms with Crippen LogP contribution in [0.5, 0.6) is 0 Å². The summed E-state index contributed by atoms with van der Waals surface area (Å²) in [7, 11) is 0. The SMILES string of the molecule is O=C(Nc1nccnc1C(=O)O)c1cccc(Br)n1. The Morgan fingerprint density at radius 3 is 2.63 bits per heavy atom. The van der Waals surface area contributed by atoms with Crippen LogP contribution in [0.25, 0.3) is 0 Å². The molecule has 0 saturated carbocycles. The highest BCUT2D eigenvalue weighted by Crippen LogP contribution is 2.11. The maximum atomic E-state index is 11.9. The van der Waals surface area contributed by atoms with Crippen molar-refractivity contribution in [2.75, 3.05) is 5.32 Å². The van der Waals surface area contributed by atoms with E-state index in [1.54, 1.807) is 12.1 Å². The van der Waals surface area contributed by atoms with Gasteiger partial charge in [0.2, 0.25) is 0 Å². The number of aromatic carboxylic acids is 1. The van der Waals surface area contributed by atoms with Crippen LogP contribution in [-0.2, 0) is 0 Å². The van der Waals surface area contributed by atoms with Crippen LogP contribution in [0.2, 0.25) is 0 Å². The number of anilines is 1. The lowest BCUT2D eigenvalue weighted by atomic mass is 10.3. The molecule has 0 aliphatic rings. The van der Waals surface area contributed by atoms with Crippen LogP contribution in [0, 0.1) is 0 Å². The van der Waals surface area contributed by atoms with Crippen molar-refractivity contribution in [3.05, 3.63) is 46.6 Å². The van der Waals surface area contributed by atoms with Crippen LogP contribution in [-0.4, -0.2) is 31.9 Å². The average molecular weight is 323 g/mol. The molecule has 0 aromatic carbocycles. The van der Waals surface area contributed by atoms with Crippen molar-refractivity contribution < 1.29 is 14.7 Å². The van der Waals surface area contributed by atoms with Gasteiger partial charge >= 0.3 is 5.97 Å². The normalized spacial score (nSPS) is 9.95. The van der Waals surface area contributed by atoms with Crippen molar-refractivity contribution in [3.8, 4) is 0 Å². The van der Waals surface area contributed by atoms with E-state index in [1.807, 2.05) is 0 Å². The van der Waals surface area contributed by atoms with Gasteiger partial charge in [-0.15, -0.1) is 0 Å². The summed E-state index contributed by atoms with van der Waals surface area (Å²) in [5.41, 5.74) is -0.192. The summed E-state index contributed by atoms with van der Waals surface area (Å²) < 4.78 is 0.498. The number of halogens is 1. The van der Waals surface area contributed by atoms with E-state index in [0.717, 1.165) is 0 Å². The molecule has 2 rings (SSSR count). The second-order valence-corrected chi connectivity index (χ2v) is 4.17. The van der Waals surface area contributed by atoms with Gasteiger partial charge in [0.15, 0.2) is 11.5 Å². The molecule has 0 aliphatic heterocycles. The molecule has 8 heteroatoms. The topological polar surface area (TPSA) is 105 Å². The Balaban J connectivity index is 2.27.